The molecule has 0 bridgehead atoms. The second-order valence-electron chi connectivity index (χ2n) is 26.1. The number of halogens is 1. The van der Waals surface area contributed by atoms with Gasteiger partial charge in [-0.2, -0.15) is 19.9 Å². The lowest BCUT2D eigenvalue weighted by Crippen LogP contribution is -2.53. The second kappa shape index (κ2) is 35.8. The summed E-state index contributed by atoms with van der Waals surface area (Å²) in [4.78, 5) is 116. The maximum atomic E-state index is 13.9. The van der Waals surface area contributed by atoms with Crippen LogP contribution in [-0.4, -0.2) is 144 Å². The largest absolute Gasteiger partial charge is 0.508 e. The summed E-state index contributed by atoms with van der Waals surface area (Å²) in [5.41, 5.74) is 27.1. The van der Waals surface area contributed by atoms with Gasteiger partial charge in [0.1, 0.15) is 42.4 Å². The van der Waals surface area contributed by atoms with Crippen molar-refractivity contribution in [2.24, 2.45) is 10.8 Å². The Morgan fingerprint density at radius 2 is 0.990 bits per heavy atom. The predicted molar refractivity (Wildman–Crippen MR) is 390 cm³/mol. The number of likely N-dealkylation sites (tertiary alicyclic amines) is 2. The Balaban J connectivity index is 0.000000225. The summed E-state index contributed by atoms with van der Waals surface area (Å²) in [6, 6.07) is 23.4. The first kappa shape index (κ1) is 78.1. The van der Waals surface area contributed by atoms with Crippen LogP contribution in [0.4, 0.5) is 23.5 Å². The van der Waals surface area contributed by atoms with Gasteiger partial charge >= 0.3 is 11.9 Å². The van der Waals surface area contributed by atoms with Crippen molar-refractivity contribution in [3.8, 4) is 34.5 Å². The molecule has 4 atom stereocenters. The van der Waals surface area contributed by atoms with Crippen molar-refractivity contribution < 1.29 is 67.0 Å². The molecule has 2 amide bonds. The number of aromatic nitrogens is 8. The number of aryl methyl sites for hydroxylation is 2. The topological polar surface area (TPSA) is 401 Å². The first-order chi connectivity index (χ1) is 49.2. The van der Waals surface area contributed by atoms with Gasteiger partial charge < -0.3 is 71.0 Å². The number of nitrogens with two attached hydrogens (primary N) is 4. The Morgan fingerprint density at radius 1 is 0.553 bits per heavy atom. The maximum absolute atomic E-state index is 13.9. The molecular weight excluding hydrogens is 1390 g/mol. The summed E-state index contributed by atoms with van der Waals surface area (Å²) in [5, 5.41) is 10.7. The number of phenols is 1. The number of nitrogens with zero attached hydrogens (tertiary/aromatic N) is 10. The third-order valence-electron chi connectivity index (χ3n) is 18.3. The lowest BCUT2D eigenvalue weighted by Gasteiger charge is -2.36. The van der Waals surface area contributed by atoms with Crippen molar-refractivity contribution in [2.75, 3.05) is 64.5 Å². The normalized spacial score (nSPS) is 15.1. The van der Waals surface area contributed by atoms with E-state index in [0.717, 1.165) is 36.1 Å². The van der Waals surface area contributed by atoms with Crippen molar-refractivity contribution in [2.45, 2.75) is 155 Å². The number of aromatic hydroxyl groups is 1. The van der Waals surface area contributed by atoms with E-state index in [2.05, 4.69) is 55.8 Å². The summed E-state index contributed by atoms with van der Waals surface area (Å²) in [7, 11) is 6.29. The van der Waals surface area contributed by atoms with Crippen molar-refractivity contribution >= 4 is 97.1 Å². The summed E-state index contributed by atoms with van der Waals surface area (Å²) in [6.45, 7) is 11.4. The Morgan fingerprint density at radius 3 is 1.43 bits per heavy atom. The van der Waals surface area contributed by atoms with Crippen LogP contribution in [0.3, 0.4) is 0 Å². The van der Waals surface area contributed by atoms with Gasteiger partial charge in [0.05, 0.1) is 52.2 Å². The molecular formula is C74H91BrN14O14. The van der Waals surface area contributed by atoms with Crippen LogP contribution in [0.25, 0.3) is 22.3 Å². The highest BCUT2D eigenvalue weighted by atomic mass is 79.9. The SMILES string of the molecule is CCC(C)(C)C(=O)C(=O)N1CCCC[C@H]1C(=O)O[C@H](CCc1ccc(OC)c(OC)c1)c1cccc(O)c1.CCC(C)(C)C(=O)C(=O)N1CCCC[C@H]1C(=O)O[C@H](CCc1ccc(OC)c(OC)c1)c1cccc(OCc2cnc3nc(N)nc(N)c3n2)c1.Nc1nc(N)c2nc(CBr)cnc2n1. The van der Waals surface area contributed by atoms with Gasteiger partial charge in [0.15, 0.2) is 57.0 Å². The number of anilines is 4. The number of hydrogen-bond acceptors (Lipinski definition) is 26. The molecule has 29 heteroatoms. The number of alkyl halides is 1. The van der Waals surface area contributed by atoms with Crippen LogP contribution >= 0.6 is 15.9 Å². The van der Waals surface area contributed by atoms with Crippen LogP contribution in [-0.2, 0) is 63.0 Å². The molecule has 0 radical (unpaired) electrons. The van der Waals surface area contributed by atoms with E-state index < -0.39 is 70.4 Å². The monoisotopic (exact) mass is 1480 g/mol. The number of fused-ring (bicyclic) bond motifs is 2. The number of piperidine rings is 2. The van der Waals surface area contributed by atoms with E-state index in [9.17, 15) is 33.9 Å². The molecule has 103 heavy (non-hydrogen) atoms. The van der Waals surface area contributed by atoms with Gasteiger partial charge in [-0.25, -0.2) is 29.5 Å². The molecule has 28 nitrogen and oxygen atoms in total. The first-order valence-electron chi connectivity index (χ1n) is 34.0. The molecule has 6 heterocycles. The fourth-order valence-corrected chi connectivity index (χ4v) is 11.7. The Kier molecular flexibility index (Phi) is 27.2. The number of esters is 2. The van der Waals surface area contributed by atoms with Gasteiger partial charge in [0, 0.05) is 29.2 Å². The van der Waals surface area contributed by atoms with Crippen LogP contribution in [0.2, 0.25) is 0 Å². The van der Waals surface area contributed by atoms with E-state index in [1.807, 2.05) is 62.4 Å². The third kappa shape index (κ3) is 20.2. The maximum Gasteiger partial charge on any atom is 0.329 e. The van der Waals surface area contributed by atoms with Gasteiger partial charge in [0.2, 0.25) is 23.5 Å². The van der Waals surface area contributed by atoms with Gasteiger partial charge in [0.25, 0.3) is 11.8 Å². The summed E-state index contributed by atoms with van der Waals surface area (Å²) < 4.78 is 39.9. The van der Waals surface area contributed by atoms with Crippen LogP contribution in [0.5, 0.6) is 34.5 Å². The minimum atomic E-state index is -0.871. The van der Waals surface area contributed by atoms with Gasteiger partial charge in [-0.1, -0.05) is 93.9 Å². The molecule has 0 saturated carbocycles. The summed E-state index contributed by atoms with van der Waals surface area (Å²) >= 11 is 3.27. The van der Waals surface area contributed by atoms with Gasteiger partial charge in [-0.05, 0) is 148 Å². The fraction of sp³-hybridized carbons (Fsp3) is 0.432. The average molecular weight is 1480 g/mol. The molecule has 8 aromatic rings. The van der Waals surface area contributed by atoms with Crippen molar-refractivity contribution in [3.63, 3.8) is 0 Å². The number of amides is 2. The van der Waals surface area contributed by atoms with E-state index in [1.54, 1.807) is 98.7 Å². The van der Waals surface area contributed by atoms with Crippen LogP contribution in [0.15, 0.2) is 97.3 Å². The number of ether oxygens (including phenoxy) is 7. The smallest absolute Gasteiger partial charge is 0.329 e. The van der Waals surface area contributed by atoms with Gasteiger partial charge in [-0.3, -0.25) is 19.2 Å². The number of Topliss-reactive ketones (excluding diaryl/α,β-unsaturated/α-hetero) is 2. The fourth-order valence-electron chi connectivity index (χ4n) is 11.5. The zero-order chi connectivity index (χ0) is 74.7. The number of ketones is 2. The first-order valence-corrected chi connectivity index (χ1v) is 35.1. The van der Waals surface area contributed by atoms with E-state index in [4.69, 9.17) is 56.1 Å². The zero-order valence-electron chi connectivity index (χ0n) is 59.8. The molecule has 2 fully saturated rings. The van der Waals surface area contributed by atoms with Crippen molar-refractivity contribution in [3.05, 3.63) is 131 Å². The highest BCUT2D eigenvalue weighted by Crippen LogP contribution is 2.36. The summed E-state index contributed by atoms with van der Waals surface area (Å²) in [5.74, 6) is 0.109. The summed E-state index contributed by atoms with van der Waals surface area (Å²) in [6.07, 6.45) is 8.49. The number of benzene rings is 4. The minimum Gasteiger partial charge on any atom is -0.508 e. The number of phenolic OH excluding ortho intramolecular Hbond substituents is 1. The highest BCUT2D eigenvalue weighted by molar-refractivity contribution is 9.08. The molecule has 10 rings (SSSR count). The average Bonchev–Trinajstić information content (AvgIpc) is 0.821. The molecule has 548 valence electrons. The molecule has 2 aliphatic heterocycles. The number of carbonyl (C=O) groups is 6. The highest BCUT2D eigenvalue weighted by Gasteiger charge is 2.43. The molecule has 0 aliphatic carbocycles. The van der Waals surface area contributed by atoms with Crippen LogP contribution in [0, 0.1) is 10.8 Å². The van der Waals surface area contributed by atoms with Crippen molar-refractivity contribution in [1.29, 1.82) is 0 Å². The minimum absolute atomic E-state index is 0.00761. The molecule has 4 aromatic heterocycles. The molecule has 9 N–H and O–H groups in total. The van der Waals surface area contributed by atoms with E-state index in [1.165, 1.54) is 16.0 Å². The van der Waals surface area contributed by atoms with Crippen LogP contribution < -0.4 is 46.6 Å². The number of hydrogen-bond donors (Lipinski definition) is 5. The van der Waals surface area contributed by atoms with Crippen LogP contribution in [0.1, 0.15) is 152 Å². The van der Waals surface area contributed by atoms with E-state index in [0.29, 0.717) is 138 Å². The Bertz CT molecular complexity index is 4340. The number of nitrogen functional groups attached to an aromatic ring is 4. The third-order valence-corrected chi connectivity index (χ3v) is 18.8. The molecule has 2 saturated heterocycles. The lowest BCUT2D eigenvalue weighted by molar-refractivity contribution is -0.165. The number of methoxy groups -OCH3 is 4. The Labute approximate surface area is 606 Å². The quantitative estimate of drug-likeness (QED) is 0.0191. The predicted octanol–water partition coefficient (Wildman–Crippen LogP) is 10.3. The lowest BCUT2D eigenvalue weighted by atomic mass is 9.84. The number of carbonyl (C=O) groups excluding carboxylic acids is 6. The second-order valence-corrected chi connectivity index (χ2v) is 26.6. The zero-order valence-corrected chi connectivity index (χ0v) is 61.4. The molecule has 4 aromatic carbocycles. The standard InChI is InChI=1S/C37H45N7O7.C30H39NO7.C7H7BrN6/c1-6-37(2,3)31(45)34(46)44-17-8-7-12-26(44)35(47)51-27(15-13-22-14-16-28(48-4)29(18-22)49-5)23-10-9-11-25(19-23)50-21-24-20-40-33-30(41-24)32(38)42-36(39)43-33;1-6-30(2,3)27(33)28(34)31-17-8-7-12-23(31)29(35)38-24(21-10-9-11-22(32)19-21)15-13-20-14-16-25(36-4)26(18-20)37-5;8-1-3-2-11-6-4(12-3)5(9)13-7(10)14-6/h9-11,14,16,18-20,26-27H,6-8,12-13,15,17,21H2,1-5H3,(H4,38,39,40,42,43);9-11,14,16,18-19,23-24,32H,6-8,12-13,15,17H2,1-5H3;2H,1H2,(H4,9,10,11,13,14)/t26-,27+;23-,24+;/m00./s1. The molecule has 0 unspecified atom stereocenters. The van der Waals surface area contributed by atoms with E-state index >= 15 is 0 Å². The molecule has 2 aliphatic rings. The number of rotatable bonds is 26. The Hall–Kier alpha value is -10.6. The van der Waals surface area contributed by atoms with E-state index in [-0.39, 0.29) is 41.5 Å². The molecule has 0 spiro atoms. The van der Waals surface area contributed by atoms with Crippen molar-refractivity contribution in [1.82, 2.24) is 49.7 Å². The van der Waals surface area contributed by atoms with Gasteiger partial charge in [-0.15, -0.1) is 0 Å².